The number of rotatable bonds is 10. The van der Waals surface area contributed by atoms with Crippen LogP contribution in [0.2, 0.25) is 0 Å². The van der Waals surface area contributed by atoms with Crippen molar-refractivity contribution < 1.29 is 0 Å². The minimum absolute atomic E-state index is 0.0410. The highest BCUT2D eigenvalue weighted by molar-refractivity contribution is 5.65. The summed E-state index contributed by atoms with van der Waals surface area (Å²) in [4.78, 5) is 12.5. The van der Waals surface area contributed by atoms with Gasteiger partial charge in [0.15, 0.2) is 0 Å². The van der Waals surface area contributed by atoms with Crippen LogP contribution in [-0.4, -0.2) is 9.78 Å². The van der Waals surface area contributed by atoms with E-state index in [-0.39, 0.29) is 5.56 Å². The Morgan fingerprint density at radius 3 is 2.21 bits per heavy atom. The molecule has 0 aliphatic rings. The van der Waals surface area contributed by atoms with Crippen LogP contribution in [0.5, 0.6) is 0 Å². The smallest absolute Gasteiger partial charge is 0.267 e. The molecule has 1 heterocycles. The second-order valence-electron chi connectivity index (χ2n) is 6.56. The van der Waals surface area contributed by atoms with Crippen LogP contribution in [0.15, 0.2) is 41.3 Å². The largest absolute Gasteiger partial charge is 0.270 e. The maximum Gasteiger partial charge on any atom is 0.270 e. The molecule has 2 aromatic rings. The van der Waals surface area contributed by atoms with Gasteiger partial charge in [0.1, 0.15) is 0 Å². The highest BCUT2D eigenvalue weighted by Gasteiger charge is 2.11. The van der Waals surface area contributed by atoms with Crippen molar-refractivity contribution in [1.29, 1.82) is 0 Å². The van der Waals surface area contributed by atoms with E-state index in [1.165, 1.54) is 49.6 Å². The van der Waals surface area contributed by atoms with Gasteiger partial charge in [-0.2, -0.15) is 5.10 Å². The SMILES string of the molecule is CCCCCCCCCCc1c(-c2ccccc2)cnn(C)c1=O. The van der Waals surface area contributed by atoms with Crippen molar-refractivity contribution in [3.8, 4) is 11.1 Å². The Labute approximate surface area is 145 Å². The molecule has 0 aliphatic carbocycles. The van der Waals surface area contributed by atoms with E-state index in [9.17, 15) is 4.79 Å². The van der Waals surface area contributed by atoms with Gasteiger partial charge in [0, 0.05) is 18.2 Å². The lowest BCUT2D eigenvalue weighted by atomic mass is 9.98. The highest BCUT2D eigenvalue weighted by Crippen LogP contribution is 2.22. The Morgan fingerprint density at radius 1 is 0.917 bits per heavy atom. The van der Waals surface area contributed by atoms with Gasteiger partial charge < -0.3 is 0 Å². The minimum Gasteiger partial charge on any atom is -0.267 e. The van der Waals surface area contributed by atoms with E-state index >= 15 is 0 Å². The van der Waals surface area contributed by atoms with E-state index in [0.29, 0.717) is 0 Å². The van der Waals surface area contributed by atoms with E-state index < -0.39 is 0 Å². The first-order valence-corrected chi connectivity index (χ1v) is 9.34. The van der Waals surface area contributed by atoms with Gasteiger partial charge in [-0.05, 0) is 18.4 Å². The van der Waals surface area contributed by atoms with Crippen molar-refractivity contribution in [3.05, 3.63) is 52.4 Å². The lowest BCUT2D eigenvalue weighted by molar-refractivity contribution is 0.573. The lowest BCUT2D eigenvalue weighted by Gasteiger charge is -2.10. The molecule has 0 radical (unpaired) electrons. The summed E-state index contributed by atoms with van der Waals surface area (Å²) in [7, 11) is 1.73. The molecule has 3 nitrogen and oxygen atoms in total. The maximum atomic E-state index is 12.5. The topological polar surface area (TPSA) is 34.9 Å². The minimum atomic E-state index is 0.0410. The number of unbranched alkanes of at least 4 members (excludes halogenated alkanes) is 7. The average Bonchev–Trinajstić information content (AvgIpc) is 2.61. The summed E-state index contributed by atoms with van der Waals surface area (Å²) in [5.41, 5.74) is 3.02. The Bertz CT molecular complexity index is 661. The molecule has 0 aliphatic heterocycles. The van der Waals surface area contributed by atoms with Gasteiger partial charge in [-0.25, -0.2) is 4.68 Å². The van der Waals surface area contributed by atoms with E-state index in [2.05, 4.69) is 12.0 Å². The van der Waals surface area contributed by atoms with Crippen LogP contribution in [0.3, 0.4) is 0 Å². The number of nitrogens with zero attached hydrogens (tertiary/aromatic N) is 2. The zero-order valence-corrected chi connectivity index (χ0v) is 15.1. The fourth-order valence-corrected chi connectivity index (χ4v) is 3.13. The molecule has 0 N–H and O–H groups in total. The van der Waals surface area contributed by atoms with Gasteiger partial charge in [-0.3, -0.25) is 4.79 Å². The van der Waals surface area contributed by atoms with Crippen LogP contribution in [0.4, 0.5) is 0 Å². The van der Waals surface area contributed by atoms with E-state index in [1.54, 1.807) is 7.05 Å². The Kier molecular flexibility index (Phi) is 7.73. The summed E-state index contributed by atoms with van der Waals surface area (Å²) in [5.74, 6) is 0. The van der Waals surface area contributed by atoms with Crippen molar-refractivity contribution in [2.45, 2.75) is 64.7 Å². The van der Waals surface area contributed by atoms with Crippen molar-refractivity contribution in [1.82, 2.24) is 9.78 Å². The molecule has 0 spiro atoms. The molecule has 0 bridgehead atoms. The molecule has 24 heavy (non-hydrogen) atoms. The van der Waals surface area contributed by atoms with E-state index in [0.717, 1.165) is 29.5 Å². The third-order valence-corrected chi connectivity index (χ3v) is 4.60. The zero-order chi connectivity index (χ0) is 17.2. The molecule has 3 heteroatoms. The van der Waals surface area contributed by atoms with Gasteiger partial charge >= 0.3 is 0 Å². The highest BCUT2D eigenvalue weighted by atomic mass is 16.1. The van der Waals surface area contributed by atoms with Crippen molar-refractivity contribution in [2.24, 2.45) is 7.05 Å². The van der Waals surface area contributed by atoms with Crippen molar-refractivity contribution in [2.75, 3.05) is 0 Å². The molecule has 130 valence electrons. The quantitative estimate of drug-likeness (QED) is 0.567. The standard InChI is InChI=1S/C21H30N2O/c1-3-4-5-6-7-8-9-13-16-19-20(17-22-23(2)21(19)24)18-14-11-10-12-15-18/h10-12,14-15,17H,3-9,13,16H2,1-2H3. The van der Waals surface area contributed by atoms with Gasteiger partial charge in [0.25, 0.3) is 5.56 Å². The fourth-order valence-electron chi connectivity index (χ4n) is 3.13. The molecule has 0 amide bonds. The molecule has 0 atom stereocenters. The molecule has 2 rings (SSSR count). The number of aromatic nitrogens is 2. The van der Waals surface area contributed by atoms with E-state index in [1.807, 2.05) is 36.5 Å². The molecular formula is C21H30N2O. The van der Waals surface area contributed by atoms with Crippen LogP contribution >= 0.6 is 0 Å². The molecule has 1 aromatic carbocycles. The number of hydrogen-bond donors (Lipinski definition) is 0. The zero-order valence-electron chi connectivity index (χ0n) is 15.1. The third-order valence-electron chi connectivity index (χ3n) is 4.60. The molecule has 0 fully saturated rings. The van der Waals surface area contributed by atoms with Crippen LogP contribution in [-0.2, 0) is 13.5 Å². The Morgan fingerprint density at radius 2 is 1.54 bits per heavy atom. The second-order valence-corrected chi connectivity index (χ2v) is 6.56. The molecule has 0 saturated heterocycles. The lowest BCUT2D eigenvalue weighted by Crippen LogP contribution is -2.24. The van der Waals surface area contributed by atoms with Gasteiger partial charge in [-0.1, -0.05) is 82.2 Å². The Hall–Kier alpha value is -1.90. The van der Waals surface area contributed by atoms with Gasteiger partial charge in [-0.15, -0.1) is 0 Å². The first-order valence-electron chi connectivity index (χ1n) is 9.34. The maximum absolute atomic E-state index is 12.5. The third kappa shape index (κ3) is 5.33. The molecular weight excluding hydrogens is 296 g/mol. The number of aryl methyl sites for hydroxylation is 1. The molecule has 1 aromatic heterocycles. The molecule has 0 unspecified atom stereocenters. The average molecular weight is 326 g/mol. The summed E-state index contributed by atoms with van der Waals surface area (Å²) in [6.45, 7) is 2.25. The molecule has 0 saturated carbocycles. The summed E-state index contributed by atoms with van der Waals surface area (Å²) >= 11 is 0. The Balaban J connectivity index is 1.94. The first kappa shape index (κ1) is 18.4. The fraction of sp³-hybridized carbons (Fsp3) is 0.524. The predicted molar refractivity (Wildman–Crippen MR) is 101 cm³/mol. The van der Waals surface area contributed by atoms with Crippen LogP contribution < -0.4 is 5.56 Å². The van der Waals surface area contributed by atoms with Gasteiger partial charge in [0.2, 0.25) is 0 Å². The van der Waals surface area contributed by atoms with Crippen LogP contribution in [0, 0.1) is 0 Å². The van der Waals surface area contributed by atoms with Gasteiger partial charge in [0.05, 0.1) is 6.20 Å². The van der Waals surface area contributed by atoms with Crippen molar-refractivity contribution >= 4 is 0 Å². The van der Waals surface area contributed by atoms with E-state index in [4.69, 9.17) is 0 Å². The first-order chi connectivity index (χ1) is 11.7. The summed E-state index contributed by atoms with van der Waals surface area (Å²) in [6.07, 6.45) is 12.9. The van der Waals surface area contributed by atoms with Crippen LogP contribution in [0.25, 0.3) is 11.1 Å². The second kappa shape index (κ2) is 10.1. The summed E-state index contributed by atoms with van der Waals surface area (Å²) < 4.78 is 1.45. The number of hydrogen-bond acceptors (Lipinski definition) is 2. The predicted octanol–water partition coefficient (Wildman–Crippen LogP) is 5.13. The summed E-state index contributed by atoms with van der Waals surface area (Å²) in [5, 5.41) is 4.21. The summed E-state index contributed by atoms with van der Waals surface area (Å²) in [6, 6.07) is 10.1. The van der Waals surface area contributed by atoms with Crippen molar-refractivity contribution in [3.63, 3.8) is 0 Å². The normalized spacial score (nSPS) is 10.9. The monoisotopic (exact) mass is 326 g/mol. The number of benzene rings is 1. The van der Waals surface area contributed by atoms with Crippen LogP contribution in [0.1, 0.15) is 63.9 Å².